The van der Waals surface area contributed by atoms with E-state index in [1.54, 1.807) is 4.68 Å². The molecule has 1 aromatic rings. The van der Waals surface area contributed by atoms with Crippen LogP contribution in [-0.4, -0.2) is 21.5 Å². The molecule has 0 aliphatic carbocycles. The van der Waals surface area contributed by atoms with E-state index >= 15 is 0 Å². The average Bonchev–Trinajstić information content (AvgIpc) is 2.51. The lowest BCUT2D eigenvalue weighted by Gasteiger charge is -1.97. The van der Waals surface area contributed by atoms with E-state index in [1.165, 1.54) is 0 Å². The summed E-state index contributed by atoms with van der Waals surface area (Å²) in [6.45, 7) is 3.81. The lowest BCUT2D eigenvalue weighted by Crippen LogP contribution is -2.14. The number of hydrogen-bond acceptors (Lipinski definition) is 3. The summed E-state index contributed by atoms with van der Waals surface area (Å²) in [7, 11) is 1.87. The summed E-state index contributed by atoms with van der Waals surface area (Å²) in [5, 5.41) is 11.1. The Kier molecular flexibility index (Phi) is 4.18. The van der Waals surface area contributed by atoms with Crippen LogP contribution in [0.4, 0.5) is 0 Å². The van der Waals surface area contributed by atoms with Gasteiger partial charge in [-0.15, -0.1) is 5.10 Å². The third-order valence-electron chi connectivity index (χ3n) is 1.68. The van der Waals surface area contributed by atoms with Gasteiger partial charge in [0.2, 0.25) is 0 Å². The van der Waals surface area contributed by atoms with Crippen molar-refractivity contribution in [2.45, 2.75) is 19.9 Å². The van der Waals surface area contributed by atoms with Crippen LogP contribution in [0.5, 0.6) is 0 Å². The van der Waals surface area contributed by atoms with Gasteiger partial charge in [0, 0.05) is 19.8 Å². The number of aryl methyl sites for hydroxylation is 1. The van der Waals surface area contributed by atoms with Crippen LogP contribution in [0.25, 0.3) is 0 Å². The maximum atomic E-state index is 3.97. The maximum absolute atomic E-state index is 3.97. The standard InChI is InChI=1S/C9H16N4/c1-3-4-5-6-10-7-9-8-13(2)12-11-9/h3-4,8,10H,5-7H2,1-2H3/b4-3+. The molecule has 0 amide bonds. The summed E-state index contributed by atoms with van der Waals surface area (Å²) in [4.78, 5) is 0. The minimum Gasteiger partial charge on any atom is -0.311 e. The van der Waals surface area contributed by atoms with Gasteiger partial charge in [0.05, 0.1) is 5.69 Å². The molecule has 0 bridgehead atoms. The minimum absolute atomic E-state index is 0.797. The van der Waals surface area contributed by atoms with Crippen molar-refractivity contribution in [3.8, 4) is 0 Å². The van der Waals surface area contributed by atoms with Gasteiger partial charge in [-0.2, -0.15) is 0 Å². The van der Waals surface area contributed by atoms with Crippen LogP contribution in [0.15, 0.2) is 18.3 Å². The van der Waals surface area contributed by atoms with Gasteiger partial charge in [-0.05, 0) is 19.9 Å². The Balaban J connectivity index is 2.13. The number of nitrogens with one attached hydrogen (secondary N) is 1. The molecule has 0 aliphatic rings. The van der Waals surface area contributed by atoms with Gasteiger partial charge in [-0.1, -0.05) is 17.4 Å². The molecule has 0 aromatic carbocycles. The Morgan fingerprint density at radius 1 is 1.62 bits per heavy atom. The Morgan fingerprint density at radius 3 is 3.08 bits per heavy atom. The van der Waals surface area contributed by atoms with E-state index in [9.17, 15) is 0 Å². The zero-order chi connectivity index (χ0) is 9.52. The normalized spacial score (nSPS) is 11.2. The molecule has 0 atom stereocenters. The van der Waals surface area contributed by atoms with E-state index in [4.69, 9.17) is 0 Å². The lowest BCUT2D eigenvalue weighted by molar-refractivity contribution is 0.676. The Bertz CT molecular complexity index is 264. The zero-order valence-electron chi connectivity index (χ0n) is 8.20. The molecule has 4 heteroatoms. The fraction of sp³-hybridized carbons (Fsp3) is 0.556. The van der Waals surface area contributed by atoms with Gasteiger partial charge in [-0.3, -0.25) is 4.68 Å². The van der Waals surface area contributed by atoms with Crippen LogP contribution >= 0.6 is 0 Å². The van der Waals surface area contributed by atoms with Gasteiger partial charge < -0.3 is 5.32 Å². The molecule has 0 spiro atoms. The first-order chi connectivity index (χ1) is 6.33. The molecular formula is C9H16N4. The molecule has 0 aliphatic heterocycles. The van der Waals surface area contributed by atoms with E-state index in [-0.39, 0.29) is 0 Å². The highest BCUT2D eigenvalue weighted by Crippen LogP contribution is 1.89. The second-order valence-electron chi connectivity index (χ2n) is 2.92. The molecule has 0 unspecified atom stereocenters. The van der Waals surface area contributed by atoms with Crippen molar-refractivity contribution in [1.82, 2.24) is 20.3 Å². The first-order valence-corrected chi connectivity index (χ1v) is 4.50. The van der Waals surface area contributed by atoms with E-state index in [2.05, 4.69) is 27.8 Å². The van der Waals surface area contributed by atoms with Gasteiger partial charge in [-0.25, -0.2) is 0 Å². The summed E-state index contributed by atoms with van der Waals surface area (Å²) >= 11 is 0. The average molecular weight is 180 g/mol. The summed E-state index contributed by atoms with van der Waals surface area (Å²) in [5.74, 6) is 0. The van der Waals surface area contributed by atoms with Crippen LogP contribution in [0.1, 0.15) is 19.0 Å². The second-order valence-corrected chi connectivity index (χ2v) is 2.92. The van der Waals surface area contributed by atoms with Crippen LogP contribution in [0.2, 0.25) is 0 Å². The third kappa shape index (κ3) is 3.85. The Morgan fingerprint density at radius 2 is 2.46 bits per heavy atom. The van der Waals surface area contributed by atoms with Gasteiger partial charge in [0.1, 0.15) is 0 Å². The predicted molar refractivity (Wildman–Crippen MR) is 52.1 cm³/mol. The first kappa shape index (κ1) is 9.92. The quantitative estimate of drug-likeness (QED) is 0.540. The first-order valence-electron chi connectivity index (χ1n) is 4.50. The molecule has 1 N–H and O–H groups in total. The van der Waals surface area contributed by atoms with Gasteiger partial charge >= 0.3 is 0 Å². The summed E-state index contributed by atoms with van der Waals surface area (Å²) in [6.07, 6.45) is 7.19. The largest absolute Gasteiger partial charge is 0.311 e. The summed E-state index contributed by atoms with van der Waals surface area (Å²) in [6, 6.07) is 0. The van der Waals surface area contributed by atoms with E-state index in [0.717, 1.165) is 25.2 Å². The monoisotopic (exact) mass is 180 g/mol. The predicted octanol–water partition coefficient (Wildman–Crippen LogP) is 0.871. The molecule has 72 valence electrons. The highest BCUT2D eigenvalue weighted by molar-refractivity contribution is 4.91. The minimum atomic E-state index is 0.797. The van der Waals surface area contributed by atoms with Crippen LogP contribution in [-0.2, 0) is 13.6 Å². The third-order valence-corrected chi connectivity index (χ3v) is 1.68. The SMILES string of the molecule is C/C=C/CCNCc1cn(C)nn1. The Hall–Kier alpha value is -1.16. The van der Waals surface area contributed by atoms with E-state index in [0.29, 0.717) is 0 Å². The lowest BCUT2D eigenvalue weighted by atomic mass is 10.3. The van der Waals surface area contributed by atoms with Crippen molar-refractivity contribution in [1.29, 1.82) is 0 Å². The smallest absolute Gasteiger partial charge is 0.0964 e. The second kappa shape index (κ2) is 5.48. The highest BCUT2D eigenvalue weighted by atomic mass is 15.4. The fourth-order valence-corrected chi connectivity index (χ4v) is 1.04. The molecule has 0 saturated heterocycles. The van der Waals surface area contributed by atoms with Crippen LogP contribution in [0.3, 0.4) is 0 Å². The van der Waals surface area contributed by atoms with E-state index < -0.39 is 0 Å². The molecular weight excluding hydrogens is 164 g/mol. The molecule has 0 saturated carbocycles. The molecule has 1 heterocycles. The number of allylic oxidation sites excluding steroid dienone is 1. The van der Waals surface area contributed by atoms with Crippen molar-refractivity contribution in [2.24, 2.45) is 7.05 Å². The molecule has 0 radical (unpaired) electrons. The highest BCUT2D eigenvalue weighted by Gasteiger charge is 1.95. The van der Waals surface area contributed by atoms with Crippen molar-refractivity contribution in [3.05, 3.63) is 24.0 Å². The zero-order valence-corrected chi connectivity index (χ0v) is 8.20. The van der Waals surface area contributed by atoms with Crippen molar-refractivity contribution in [3.63, 3.8) is 0 Å². The number of aromatic nitrogens is 3. The summed E-state index contributed by atoms with van der Waals surface area (Å²) < 4.78 is 1.71. The molecule has 4 nitrogen and oxygen atoms in total. The topological polar surface area (TPSA) is 42.7 Å². The number of hydrogen-bond donors (Lipinski definition) is 1. The molecule has 1 rings (SSSR count). The number of rotatable bonds is 5. The van der Waals surface area contributed by atoms with Crippen molar-refractivity contribution >= 4 is 0 Å². The van der Waals surface area contributed by atoms with Crippen LogP contribution < -0.4 is 5.32 Å². The van der Waals surface area contributed by atoms with Crippen LogP contribution in [0, 0.1) is 0 Å². The summed E-state index contributed by atoms with van der Waals surface area (Å²) in [5.41, 5.74) is 0.989. The maximum Gasteiger partial charge on any atom is 0.0964 e. The fourth-order valence-electron chi connectivity index (χ4n) is 1.04. The van der Waals surface area contributed by atoms with Gasteiger partial charge in [0.25, 0.3) is 0 Å². The van der Waals surface area contributed by atoms with Crippen molar-refractivity contribution in [2.75, 3.05) is 6.54 Å². The van der Waals surface area contributed by atoms with Gasteiger partial charge in [0.15, 0.2) is 0 Å². The molecule has 0 fully saturated rings. The number of nitrogens with zero attached hydrogens (tertiary/aromatic N) is 3. The molecule has 13 heavy (non-hydrogen) atoms. The van der Waals surface area contributed by atoms with Crippen molar-refractivity contribution < 1.29 is 0 Å². The molecule has 1 aromatic heterocycles. The Labute approximate surface area is 78.6 Å². The van der Waals surface area contributed by atoms with E-state index in [1.807, 2.05) is 20.2 Å².